The molecule has 0 heterocycles. The van der Waals surface area contributed by atoms with E-state index in [-0.39, 0.29) is 5.76 Å². The standard InChI is InChI=1S/C14H19N3O/c1-17(12-13-7-3-2-4-8-13)10-6-5-9-14(18)11-16-15/h2-4,7-8,11H,5-6,9-10,12H2,1H3/p+1/b14-11-. The van der Waals surface area contributed by atoms with Gasteiger partial charge in [0.15, 0.2) is 10.7 Å². The van der Waals surface area contributed by atoms with Crippen LogP contribution in [0.5, 0.6) is 0 Å². The summed E-state index contributed by atoms with van der Waals surface area (Å²) < 4.78 is 0. The van der Waals surface area contributed by atoms with Crippen LogP contribution in [0, 0.1) is 5.39 Å². The summed E-state index contributed by atoms with van der Waals surface area (Å²) in [7, 11) is 2.09. The lowest BCUT2D eigenvalue weighted by atomic mass is 10.2. The lowest BCUT2D eigenvalue weighted by molar-refractivity contribution is 0.312. The van der Waals surface area contributed by atoms with E-state index in [4.69, 9.17) is 5.39 Å². The van der Waals surface area contributed by atoms with Crippen LogP contribution in [0.15, 0.2) is 42.3 Å². The van der Waals surface area contributed by atoms with Crippen LogP contribution < -0.4 is 0 Å². The van der Waals surface area contributed by atoms with Crippen LogP contribution in [0.4, 0.5) is 0 Å². The number of rotatable bonds is 7. The third kappa shape index (κ3) is 6.02. The summed E-state index contributed by atoms with van der Waals surface area (Å²) in [5, 5.41) is 17.5. The van der Waals surface area contributed by atoms with Crippen LogP contribution in [0.2, 0.25) is 0 Å². The van der Waals surface area contributed by atoms with Gasteiger partial charge in [-0.1, -0.05) is 30.3 Å². The second-order valence-electron chi connectivity index (χ2n) is 4.42. The van der Waals surface area contributed by atoms with Crippen LogP contribution in [0.25, 0.3) is 4.98 Å². The molecule has 0 aliphatic carbocycles. The van der Waals surface area contributed by atoms with Gasteiger partial charge in [0.1, 0.15) is 0 Å². The lowest BCUT2D eigenvalue weighted by Crippen LogP contribution is -2.18. The van der Waals surface area contributed by atoms with Gasteiger partial charge in [-0.05, 0) is 32.0 Å². The molecule has 0 unspecified atom stereocenters. The fourth-order valence-electron chi connectivity index (χ4n) is 1.79. The first-order valence-electron chi connectivity index (χ1n) is 6.17. The SMILES string of the molecule is CN(CCCC/C(O)=C/[N+]#N)Cc1ccccc1. The predicted molar refractivity (Wildman–Crippen MR) is 72.4 cm³/mol. The van der Waals surface area contributed by atoms with E-state index < -0.39 is 0 Å². The maximum atomic E-state index is 9.24. The van der Waals surface area contributed by atoms with Crippen molar-refractivity contribution < 1.29 is 5.11 Å². The molecule has 0 bridgehead atoms. The third-order valence-corrected chi connectivity index (χ3v) is 2.72. The molecule has 4 heteroatoms. The highest BCUT2D eigenvalue weighted by atomic mass is 16.3. The van der Waals surface area contributed by atoms with Crippen molar-refractivity contribution in [1.82, 2.24) is 4.90 Å². The summed E-state index contributed by atoms with van der Waals surface area (Å²) >= 11 is 0. The first-order valence-corrected chi connectivity index (χ1v) is 6.17. The minimum absolute atomic E-state index is 0.128. The zero-order chi connectivity index (χ0) is 13.2. The Morgan fingerprint density at radius 1 is 1.33 bits per heavy atom. The van der Waals surface area contributed by atoms with E-state index in [2.05, 4.69) is 29.1 Å². The van der Waals surface area contributed by atoms with Crippen LogP contribution >= 0.6 is 0 Å². The van der Waals surface area contributed by atoms with Crippen molar-refractivity contribution in [2.75, 3.05) is 13.6 Å². The maximum Gasteiger partial charge on any atom is 0.387 e. The normalized spacial score (nSPS) is 11.5. The second-order valence-corrected chi connectivity index (χ2v) is 4.42. The highest BCUT2D eigenvalue weighted by molar-refractivity contribution is 5.14. The minimum atomic E-state index is 0.128. The first kappa shape index (κ1) is 14.2. The van der Waals surface area contributed by atoms with Crippen molar-refractivity contribution >= 4 is 0 Å². The minimum Gasteiger partial charge on any atom is -0.505 e. The molecule has 0 aliphatic rings. The third-order valence-electron chi connectivity index (χ3n) is 2.72. The Labute approximate surface area is 108 Å². The second kappa shape index (κ2) is 8.26. The summed E-state index contributed by atoms with van der Waals surface area (Å²) in [5.74, 6) is 0.128. The molecule has 18 heavy (non-hydrogen) atoms. The van der Waals surface area contributed by atoms with Crippen molar-refractivity contribution in [3.8, 4) is 0 Å². The van der Waals surface area contributed by atoms with Crippen molar-refractivity contribution in [3.05, 3.63) is 52.8 Å². The van der Waals surface area contributed by atoms with Gasteiger partial charge in [0.05, 0.1) is 0 Å². The summed E-state index contributed by atoms with van der Waals surface area (Å²) in [5.41, 5.74) is 1.31. The largest absolute Gasteiger partial charge is 0.505 e. The topological polar surface area (TPSA) is 51.6 Å². The highest BCUT2D eigenvalue weighted by Crippen LogP contribution is 2.07. The fourth-order valence-corrected chi connectivity index (χ4v) is 1.79. The number of diazo groups is 1. The summed E-state index contributed by atoms with van der Waals surface area (Å²) in [6, 6.07) is 10.3. The molecule has 0 radical (unpaired) electrons. The van der Waals surface area contributed by atoms with Crippen molar-refractivity contribution in [3.63, 3.8) is 0 Å². The number of allylic oxidation sites excluding steroid dienone is 1. The molecule has 1 N–H and O–H groups in total. The van der Waals surface area contributed by atoms with Crippen LogP contribution in [-0.2, 0) is 6.54 Å². The molecule has 0 fully saturated rings. The first-order chi connectivity index (χ1) is 8.72. The Kier molecular flexibility index (Phi) is 6.52. The molecule has 0 saturated carbocycles. The van der Waals surface area contributed by atoms with Gasteiger partial charge in [0.2, 0.25) is 5.39 Å². The molecule has 4 nitrogen and oxygen atoms in total. The van der Waals surface area contributed by atoms with Crippen molar-refractivity contribution in [2.24, 2.45) is 0 Å². The Hall–Kier alpha value is -1.86. The molecule has 0 amide bonds. The van der Waals surface area contributed by atoms with E-state index in [0.717, 1.165) is 32.1 Å². The van der Waals surface area contributed by atoms with Gasteiger partial charge in [-0.2, -0.15) is 0 Å². The van der Waals surface area contributed by atoms with Crippen molar-refractivity contribution in [1.29, 1.82) is 5.39 Å². The molecule has 0 aromatic heterocycles. The van der Waals surface area contributed by atoms with E-state index in [0.29, 0.717) is 6.42 Å². The van der Waals surface area contributed by atoms with E-state index in [1.54, 1.807) is 0 Å². The van der Waals surface area contributed by atoms with Gasteiger partial charge in [0.25, 0.3) is 0 Å². The number of hydrogen-bond donors (Lipinski definition) is 1. The molecule has 0 atom stereocenters. The number of unbranched alkanes of at least 4 members (excludes halogenated alkanes) is 1. The average molecular weight is 246 g/mol. The molecule has 96 valence electrons. The van der Waals surface area contributed by atoms with Crippen LogP contribution in [-0.4, -0.2) is 23.6 Å². The van der Waals surface area contributed by atoms with Gasteiger partial charge < -0.3 is 10.0 Å². The average Bonchev–Trinajstić information content (AvgIpc) is 2.36. The summed E-state index contributed by atoms with van der Waals surface area (Å²) in [6.45, 7) is 1.92. The number of benzene rings is 1. The van der Waals surface area contributed by atoms with Gasteiger partial charge in [-0.15, -0.1) is 0 Å². The van der Waals surface area contributed by atoms with E-state index in [9.17, 15) is 5.11 Å². The zero-order valence-electron chi connectivity index (χ0n) is 10.8. The van der Waals surface area contributed by atoms with Crippen molar-refractivity contribution in [2.45, 2.75) is 25.8 Å². The van der Waals surface area contributed by atoms with Crippen LogP contribution in [0.3, 0.4) is 0 Å². The highest BCUT2D eigenvalue weighted by Gasteiger charge is 2.02. The Morgan fingerprint density at radius 2 is 2.06 bits per heavy atom. The zero-order valence-corrected chi connectivity index (χ0v) is 10.8. The fraction of sp³-hybridized carbons (Fsp3) is 0.429. The number of aliphatic hydroxyl groups excluding tert-OH is 1. The number of aliphatic hydroxyl groups is 1. The summed E-state index contributed by atoms with van der Waals surface area (Å²) in [4.78, 5) is 5.04. The van der Waals surface area contributed by atoms with E-state index >= 15 is 0 Å². The number of nitrogens with zero attached hydrogens (tertiary/aromatic N) is 3. The van der Waals surface area contributed by atoms with Gasteiger partial charge in [-0.25, -0.2) is 0 Å². The van der Waals surface area contributed by atoms with Gasteiger partial charge in [0, 0.05) is 13.0 Å². The molecule has 1 rings (SSSR count). The van der Waals surface area contributed by atoms with Crippen LogP contribution in [0.1, 0.15) is 24.8 Å². The molecular weight excluding hydrogens is 226 g/mol. The molecule has 1 aromatic rings. The monoisotopic (exact) mass is 246 g/mol. The molecule has 0 saturated heterocycles. The summed E-state index contributed by atoms with van der Waals surface area (Å²) in [6.07, 6.45) is 3.53. The number of hydrogen-bond acceptors (Lipinski definition) is 3. The quantitative estimate of drug-likeness (QED) is 0.455. The molecule has 0 aliphatic heterocycles. The van der Waals surface area contributed by atoms with Gasteiger partial charge in [-0.3, -0.25) is 0 Å². The maximum absolute atomic E-state index is 9.24. The van der Waals surface area contributed by atoms with Gasteiger partial charge >= 0.3 is 6.20 Å². The van der Waals surface area contributed by atoms with E-state index in [1.165, 1.54) is 5.56 Å². The lowest BCUT2D eigenvalue weighted by Gasteiger charge is -2.16. The van der Waals surface area contributed by atoms with E-state index in [1.807, 2.05) is 18.2 Å². The Balaban J connectivity index is 2.16. The molecule has 1 aromatic carbocycles. The molecular formula is C14H20N3O+. The smallest absolute Gasteiger partial charge is 0.387 e. The Bertz CT molecular complexity index is 409. The molecule has 0 spiro atoms. The Morgan fingerprint density at radius 3 is 2.72 bits per heavy atom. The predicted octanol–water partition coefficient (Wildman–Crippen LogP) is 3.54.